The Kier molecular flexibility index (Phi) is 8.50. The van der Waals surface area contributed by atoms with Crippen molar-refractivity contribution in [2.45, 2.75) is 103 Å². The normalized spacial score (nSPS) is 26.6. The van der Waals surface area contributed by atoms with E-state index in [1.165, 1.54) is 44.6 Å². The van der Waals surface area contributed by atoms with Crippen LogP contribution in [0.2, 0.25) is 0 Å². The first kappa shape index (κ1) is 20.0. The molecule has 0 bridgehead atoms. The molecule has 0 radical (unpaired) electrons. The van der Waals surface area contributed by atoms with Crippen molar-refractivity contribution in [3.8, 4) is 0 Å². The lowest BCUT2D eigenvalue weighted by molar-refractivity contribution is -0.160. The zero-order valence-electron chi connectivity index (χ0n) is 15.9. The molecular formula is C21H34O4. The van der Waals surface area contributed by atoms with E-state index in [4.69, 9.17) is 9.47 Å². The second-order valence-corrected chi connectivity index (χ2v) is 7.59. The second-order valence-electron chi connectivity index (χ2n) is 7.59. The van der Waals surface area contributed by atoms with Gasteiger partial charge in [0, 0.05) is 6.92 Å². The summed E-state index contributed by atoms with van der Waals surface area (Å²) >= 11 is 0. The van der Waals surface area contributed by atoms with Gasteiger partial charge in [-0.1, -0.05) is 37.8 Å². The standard InChI is InChI=1S/C21H34O4/c1-3-4-5-6-7-17-8-10-18(11-9-17)21(23)25-20-14-12-19(13-15-20)24-16(2)22/h8,18-20H,3-7,9-15H2,1-2H3. The Morgan fingerprint density at radius 3 is 2.24 bits per heavy atom. The Morgan fingerprint density at radius 1 is 1.00 bits per heavy atom. The summed E-state index contributed by atoms with van der Waals surface area (Å²) in [5.74, 6) is -0.220. The number of carbonyl (C=O) groups is 2. The maximum absolute atomic E-state index is 12.4. The van der Waals surface area contributed by atoms with Gasteiger partial charge in [0.05, 0.1) is 5.92 Å². The Labute approximate surface area is 152 Å². The predicted octanol–water partition coefficient (Wildman–Crippen LogP) is 5.10. The van der Waals surface area contributed by atoms with Crippen LogP contribution in [-0.4, -0.2) is 24.1 Å². The van der Waals surface area contributed by atoms with Crippen LogP contribution < -0.4 is 0 Å². The molecule has 4 nitrogen and oxygen atoms in total. The van der Waals surface area contributed by atoms with E-state index in [1.54, 1.807) is 0 Å². The van der Waals surface area contributed by atoms with Crippen molar-refractivity contribution in [3.63, 3.8) is 0 Å². The summed E-state index contributed by atoms with van der Waals surface area (Å²) in [5, 5.41) is 0. The van der Waals surface area contributed by atoms with E-state index in [2.05, 4.69) is 13.0 Å². The van der Waals surface area contributed by atoms with Crippen LogP contribution in [0.4, 0.5) is 0 Å². The van der Waals surface area contributed by atoms with E-state index in [0.717, 1.165) is 44.9 Å². The molecule has 0 spiro atoms. The molecule has 0 aromatic heterocycles. The van der Waals surface area contributed by atoms with Crippen LogP contribution >= 0.6 is 0 Å². The highest BCUT2D eigenvalue weighted by Gasteiger charge is 2.29. The topological polar surface area (TPSA) is 52.6 Å². The minimum atomic E-state index is -0.222. The van der Waals surface area contributed by atoms with Crippen molar-refractivity contribution in [1.29, 1.82) is 0 Å². The summed E-state index contributed by atoms with van der Waals surface area (Å²) in [6, 6.07) is 0. The number of ether oxygens (including phenoxy) is 2. The molecule has 0 amide bonds. The minimum Gasteiger partial charge on any atom is -0.463 e. The molecule has 0 heterocycles. The van der Waals surface area contributed by atoms with Crippen LogP contribution in [0.1, 0.15) is 90.9 Å². The van der Waals surface area contributed by atoms with E-state index in [-0.39, 0.29) is 30.1 Å². The molecule has 4 heteroatoms. The van der Waals surface area contributed by atoms with E-state index < -0.39 is 0 Å². The van der Waals surface area contributed by atoms with Crippen molar-refractivity contribution in [2.75, 3.05) is 0 Å². The van der Waals surface area contributed by atoms with E-state index >= 15 is 0 Å². The monoisotopic (exact) mass is 350 g/mol. The zero-order chi connectivity index (χ0) is 18.1. The zero-order valence-corrected chi connectivity index (χ0v) is 15.9. The van der Waals surface area contributed by atoms with Crippen LogP contribution in [0.3, 0.4) is 0 Å². The van der Waals surface area contributed by atoms with Crippen LogP contribution in [0, 0.1) is 5.92 Å². The summed E-state index contributed by atoms with van der Waals surface area (Å²) < 4.78 is 11.0. The van der Waals surface area contributed by atoms with Gasteiger partial charge in [-0.3, -0.25) is 9.59 Å². The molecule has 1 atom stereocenters. The van der Waals surface area contributed by atoms with Gasteiger partial charge in [0.15, 0.2) is 0 Å². The summed E-state index contributed by atoms with van der Waals surface area (Å²) in [5.41, 5.74) is 1.53. The van der Waals surface area contributed by atoms with Crippen LogP contribution in [0.5, 0.6) is 0 Å². The van der Waals surface area contributed by atoms with Crippen molar-refractivity contribution >= 4 is 11.9 Å². The van der Waals surface area contributed by atoms with Gasteiger partial charge < -0.3 is 9.47 Å². The highest BCUT2D eigenvalue weighted by molar-refractivity contribution is 5.73. The summed E-state index contributed by atoms with van der Waals surface area (Å²) in [6.07, 6.45) is 14.7. The smallest absolute Gasteiger partial charge is 0.309 e. The number of rotatable bonds is 8. The Bertz CT molecular complexity index is 461. The fraction of sp³-hybridized carbons (Fsp3) is 0.810. The van der Waals surface area contributed by atoms with Crippen LogP contribution in [0.15, 0.2) is 11.6 Å². The Balaban J connectivity index is 1.65. The number of allylic oxidation sites excluding steroid dienone is 2. The lowest BCUT2D eigenvalue weighted by atomic mass is 9.87. The third-order valence-electron chi connectivity index (χ3n) is 5.43. The van der Waals surface area contributed by atoms with Gasteiger partial charge >= 0.3 is 11.9 Å². The van der Waals surface area contributed by atoms with Gasteiger partial charge in [-0.15, -0.1) is 0 Å². The molecule has 2 aliphatic carbocycles. The van der Waals surface area contributed by atoms with Gasteiger partial charge in [0.1, 0.15) is 12.2 Å². The molecule has 0 saturated heterocycles. The average molecular weight is 350 g/mol. The summed E-state index contributed by atoms with van der Waals surface area (Å²) in [4.78, 5) is 23.4. The summed E-state index contributed by atoms with van der Waals surface area (Å²) in [7, 11) is 0. The minimum absolute atomic E-state index is 0.000308. The molecule has 25 heavy (non-hydrogen) atoms. The number of hydrogen-bond donors (Lipinski definition) is 0. The maximum atomic E-state index is 12.4. The van der Waals surface area contributed by atoms with Gasteiger partial charge in [0.25, 0.3) is 0 Å². The third-order valence-corrected chi connectivity index (χ3v) is 5.43. The maximum Gasteiger partial charge on any atom is 0.309 e. The molecule has 0 aromatic rings. The first-order valence-corrected chi connectivity index (χ1v) is 10.1. The van der Waals surface area contributed by atoms with Gasteiger partial charge in [0.2, 0.25) is 0 Å². The SMILES string of the molecule is CCCCCCC1=CCC(C(=O)OC2CCC(OC(C)=O)CC2)CC1. The molecule has 2 rings (SSSR count). The number of carbonyl (C=O) groups excluding carboxylic acids is 2. The second kappa shape index (κ2) is 10.6. The molecule has 1 saturated carbocycles. The van der Waals surface area contributed by atoms with E-state index in [0.29, 0.717) is 0 Å². The third kappa shape index (κ3) is 7.21. The fourth-order valence-corrected chi connectivity index (χ4v) is 3.87. The number of hydrogen-bond acceptors (Lipinski definition) is 4. The van der Waals surface area contributed by atoms with Gasteiger partial charge in [-0.2, -0.15) is 0 Å². The van der Waals surface area contributed by atoms with Crippen molar-refractivity contribution < 1.29 is 19.1 Å². The molecule has 1 unspecified atom stereocenters. The van der Waals surface area contributed by atoms with E-state index in [1.807, 2.05) is 0 Å². The Hall–Kier alpha value is -1.32. The molecule has 0 aliphatic heterocycles. The molecule has 2 aliphatic rings. The lowest BCUT2D eigenvalue weighted by Gasteiger charge is -2.29. The predicted molar refractivity (Wildman–Crippen MR) is 98.1 cm³/mol. The first-order valence-electron chi connectivity index (χ1n) is 10.1. The van der Waals surface area contributed by atoms with Crippen molar-refractivity contribution in [1.82, 2.24) is 0 Å². The van der Waals surface area contributed by atoms with Gasteiger partial charge in [-0.05, 0) is 57.8 Å². The van der Waals surface area contributed by atoms with E-state index in [9.17, 15) is 9.59 Å². The number of unbranched alkanes of at least 4 members (excludes halogenated alkanes) is 3. The molecule has 0 N–H and O–H groups in total. The van der Waals surface area contributed by atoms with Gasteiger partial charge in [-0.25, -0.2) is 0 Å². The highest BCUT2D eigenvalue weighted by Crippen LogP contribution is 2.30. The number of esters is 2. The fourth-order valence-electron chi connectivity index (χ4n) is 3.87. The molecule has 142 valence electrons. The Morgan fingerprint density at radius 2 is 1.68 bits per heavy atom. The first-order chi connectivity index (χ1) is 12.1. The van der Waals surface area contributed by atoms with Crippen molar-refractivity contribution in [2.24, 2.45) is 5.92 Å². The lowest BCUT2D eigenvalue weighted by Crippen LogP contribution is -2.31. The highest BCUT2D eigenvalue weighted by atomic mass is 16.6. The summed E-state index contributed by atoms with van der Waals surface area (Å²) in [6.45, 7) is 3.68. The molecule has 0 aromatic carbocycles. The van der Waals surface area contributed by atoms with Crippen LogP contribution in [0.25, 0.3) is 0 Å². The average Bonchev–Trinajstić information content (AvgIpc) is 2.60. The largest absolute Gasteiger partial charge is 0.463 e. The molecule has 1 fully saturated rings. The molecular weight excluding hydrogens is 316 g/mol. The van der Waals surface area contributed by atoms with Crippen LogP contribution in [-0.2, 0) is 19.1 Å². The van der Waals surface area contributed by atoms with Crippen molar-refractivity contribution in [3.05, 3.63) is 11.6 Å². The quantitative estimate of drug-likeness (QED) is 0.347.